The van der Waals surface area contributed by atoms with Crippen molar-refractivity contribution in [1.82, 2.24) is 9.88 Å². The van der Waals surface area contributed by atoms with Crippen molar-refractivity contribution in [2.24, 2.45) is 5.92 Å². The summed E-state index contributed by atoms with van der Waals surface area (Å²) in [6.07, 6.45) is -0.00694. The number of nitrogens with one attached hydrogen (secondary N) is 1. The van der Waals surface area contributed by atoms with Crippen molar-refractivity contribution >= 4 is 32.9 Å². The number of hydrogen-bond donors (Lipinski definition) is 3. The van der Waals surface area contributed by atoms with Crippen LogP contribution in [0.25, 0.3) is 10.9 Å². The maximum atomic E-state index is 13.1. The number of amides is 1. The van der Waals surface area contributed by atoms with E-state index in [1.54, 1.807) is 4.90 Å². The van der Waals surface area contributed by atoms with Gasteiger partial charge in [0, 0.05) is 34.0 Å². The summed E-state index contributed by atoms with van der Waals surface area (Å²) in [6.45, 7) is 5.00. The monoisotopic (exact) mass is 530 g/mol. The highest BCUT2D eigenvalue weighted by Gasteiger charge is 2.35. The number of ether oxygens (including phenoxy) is 2. The zero-order chi connectivity index (χ0) is 24.2. The number of nitrogens with zero attached hydrogens (tertiary/aromatic N) is 1. The van der Waals surface area contributed by atoms with E-state index in [0.717, 1.165) is 33.1 Å². The van der Waals surface area contributed by atoms with Crippen LogP contribution < -0.4 is 4.74 Å². The van der Waals surface area contributed by atoms with Gasteiger partial charge in [-0.05, 0) is 53.8 Å². The third kappa shape index (κ3) is 5.40. The van der Waals surface area contributed by atoms with Crippen LogP contribution in [-0.4, -0.2) is 58.7 Å². The maximum absolute atomic E-state index is 13.1. The van der Waals surface area contributed by atoms with Gasteiger partial charge >= 0.3 is 6.09 Å². The van der Waals surface area contributed by atoms with Crippen molar-refractivity contribution in [3.8, 4) is 5.75 Å². The second-order valence-corrected chi connectivity index (χ2v) is 9.98. The molecule has 0 saturated heterocycles. The van der Waals surface area contributed by atoms with Crippen molar-refractivity contribution in [2.45, 2.75) is 38.8 Å². The summed E-state index contributed by atoms with van der Waals surface area (Å²) in [5.74, 6) is 0.924. The number of aliphatic hydroxyl groups is 2. The third-order valence-corrected chi connectivity index (χ3v) is 6.48. The van der Waals surface area contributed by atoms with Gasteiger partial charge in [0.05, 0.1) is 25.9 Å². The molecule has 0 bridgehead atoms. The lowest BCUT2D eigenvalue weighted by Gasteiger charge is -2.35. The lowest BCUT2D eigenvalue weighted by molar-refractivity contribution is 0.0754. The van der Waals surface area contributed by atoms with Crippen LogP contribution in [0.3, 0.4) is 0 Å². The number of halogens is 1. The fourth-order valence-corrected chi connectivity index (χ4v) is 4.64. The van der Waals surface area contributed by atoms with E-state index >= 15 is 0 Å². The first-order valence-electron chi connectivity index (χ1n) is 11.6. The van der Waals surface area contributed by atoms with Gasteiger partial charge in [0.25, 0.3) is 0 Å². The van der Waals surface area contributed by atoms with Crippen molar-refractivity contribution in [3.63, 3.8) is 0 Å². The summed E-state index contributed by atoms with van der Waals surface area (Å²) >= 11 is 3.57. The molecule has 1 aliphatic rings. The van der Waals surface area contributed by atoms with Crippen LogP contribution in [0.15, 0.2) is 46.9 Å². The van der Waals surface area contributed by atoms with Crippen LogP contribution in [0.2, 0.25) is 0 Å². The summed E-state index contributed by atoms with van der Waals surface area (Å²) in [6, 6.07) is 13.5. The largest absolute Gasteiger partial charge is 0.493 e. The first-order chi connectivity index (χ1) is 16.4. The van der Waals surface area contributed by atoms with Gasteiger partial charge < -0.3 is 24.7 Å². The van der Waals surface area contributed by atoms with Crippen LogP contribution >= 0.6 is 15.9 Å². The van der Waals surface area contributed by atoms with Gasteiger partial charge in [-0.1, -0.05) is 41.9 Å². The highest BCUT2D eigenvalue weighted by Crippen LogP contribution is 2.39. The number of hydrogen-bond acceptors (Lipinski definition) is 5. The van der Waals surface area contributed by atoms with Crippen LogP contribution in [0.1, 0.15) is 43.1 Å². The van der Waals surface area contributed by atoms with Crippen LogP contribution in [0.4, 0.5) is 4.79 Å². The minimum atomic E-state index is -0.785. The quantitative estimate of drug-likeness (QED) is 0.389. The summed E-state index contributed by atoms with van der Waals surface area (Å²) in [4.78, 5) is 18.4. The van der Waals surface area contributed by atoms with E-state index in [-0.39, 0.29) is 24.7 Å². The number of carbonyl (C=O) groups excluding carboxylic acids is 1. The average molecular weight is 531 g/mol. The second-order valence-electron chi connectivity index (χ2n) is 9.07. The molecule has 182 valence electrons. The minimum Gasteiger partial charge on any atom is -0.493 e. The Kier molecular flexibility index (Phi) is 7.80. The molecule has 1 amide bonds. The number of aromatic nitrogens is 1. The number of aliphatic hydroxyl groups excluding tert-OH is 2. The van der Waals surface area contributed by atoms with Gasteiger partial charge in [0.2, 0.25) is 0 Å². The molecule has 3 N–H and O–H groups in total. The van der Waals surface area contributed by atoms with Gasteiger partial charge in [-0.15, -0.1) is 0 Å². The van der Waals surface area contributed by atoms with E-state index in [2.05, 4.69) is 27.0 Å². The molecular formula is C26H31BrN2O5. The summed E-state index contributed by atoms with van der Waals surface area (Å²) in [5, 5.41) is 19.6. The van der Waals surface area contributed by atoms with Crippen LogP contribution in [0.5, 0.6) is 5.75 Å². The molecule has 1 aliphatic heterocycles. The van der Waals surface area contributed by atoms with E-state index in [9.17, 15) is 9.90 Å². The average Bonchev–Trinajstić information content (AvgIpc) is 3.20. The molecule has 0 spiro atoms. The van der Waals surface area contributed by atoms with Gasteiger partial charge in [-0.2, -0.15) is 0 Å². The van der Waals surface area contributed by atoms with Gasteiger partial charge in [-0.25, -0.2) is 4.79 Å². The molecular weight excluding hydrogens is 500 g/mol. The Bertz CT molecular complexity index is 1130. The molecule has 8 heteroatoms. The second kappa shape index (κ2) is 10.8. The molecule has 2 heterocycles. The number of H-pyrrole nitrogens is 1. The van der Waals surface area contributed by atoms with Gasteiger partial charge in [-0.3, -0.25) is 4.90 Å². The molecule has 0 saturated carbocycles. The van der Waals surface area contributed by atoms with E-state index in [4.69, 9.17) is 14.6 Å². The Hall–Kier alpha value is -2.55. The normalized spacial score (nSPS) is 16.5. The Morgan fingerprint density at radius 3 is 2.71 bits per heavy atom. The predicted octanol–water partition coefficient (Wildman–Crippen LogP) is 4.79. The summed E-state index contributed by atoms with van der Waals surface area (Å²) in [5.41, 5.74) is 4.21. The number of benzene rings is 2. The molecule has 7 nitrogen and oxygen atoms in total. The van der Waals surface area contributed by atoms with Gasteiger partial charge in [0.1, 0.15) is 11.8 Å². The molecule has 4 rings (SSSR count). The number of rotatable bonds is 8. The summed E-state index contributed by atoms with van der Waals surface area (Å²) in [7, 11) is 0. The van der Waals surface area contributed by atoms with Gasteiger partial charge in [0.15, 0.2) is 0 Å². The topological polar surface area (TPSA) is 95.0 Å². The fourth-order valence-electron chi connectivity index (χ4n) is 4.28. The zero-order valence-electron chi connectivity index (χ0n) is 19.5. The Labute approximate surface area is 207 Å². The SMILES string of the molecule is CC(C)COC(=O)N1CCc2c([nH]c3ccc(Br)cc23)C1c1ccc(OCC[C@H](O)CO)cc1. The molecule has 0 fully saturated rings. The van der Waals surface area contributed by atoms with Crippen molar-refractivity contribution < 1.29 is 24.5 Å². The Morgan fingerprint density at radius 1 is 1.24 bits per heavy atom. The van der Waals surface area contributed by atoms with Crippen molar-refractivity contribution in [1.29, 1.82) is 0 Å². The predicted molar refractivity (Wildman–Crippen MR) is 134 cm³/mol. The lowest BCUT2D eigenvalue weighted by Crippen LogP contribution is -2.41. The third-order valence-electron chi connectivity index (χ3n) is 5.99. The van der Waals surface area contributed by atoms with E-state index in [1.807, 2.05) is 50.2 Å². The zero-order valence-corrected chi connectivity index (χ0v) is 21.0. The first-order valence-corrected chi connectivity index (χ1v) is 12.4. The molecule has 0 radical (unpaired) electrons. The van der Waals surface area contributed by atoms with Crippen molar-refractivity contribution in [2.75, 3.05) is 26.4 Å². The number of carbonyl (C=O) groups is 1. The number of fused-ring (bicyclic) bond motifs is 3. The fraction of sp³-hybridized carbons (Fsp3) is 0.423. The maximum Gasteiger partial charge on any atom is 0.410 e. The molecule has 3 aromatic rings. The smallest absolute Gasteiger partial charge is 0.410 e. The molecule has 2 aromatic carbocycles. The standard InChI is InChI=1S/C26H31BrN2O5/c1-16(2)15-34-26(32)29-11-9-21-22-13-18(27)5-8-23(22)28-24(21)25(29)17-3-6-20(7-4-17)33-12-10-19(31)14-30/h3-8,13,16,19,25,28,30-31H,9-12,14-15H2,1-2H3/t19-,25?/m0/s1. The minimum absolute atomic E-state index is 0.258. The summed E-state index contributed by atoms with van der Waals surface area (Å²) < 4.78 is 12.3. The van der Waals surface area contributed by atoms with Crippen molar-refractivity contribution in [3.05, 3.63) is 63.8 Å². The van der Waals surface area contributed by atoms with E-state index < -0.39 is 6.10 Å². The molecule has 1 aromatic heterocycles. The van der Waals surface area contributed by atoms with E-state index in [0.29, 0.717) is 31.9 Å². The Morgan fingerprint density at radius 2 is 2.00 bits per heavy atom. The molecule has 1 unspecified atom stereocenters. The van der Waals surface area contributed by atoms with Crippen LogP contribution in [-0.2, 0) is 11.2 Å². The highest BCUT2D eigenvalue weighted by molar-refractivity contribution is 9.10. The molecule has 0 aliphatic carbocycles. The highest BCUT2D eigenvalue weighted by atomic mass is 79.9. The first kappa shape index (κ1) is 24.6. The lowest BCUT2D eigenvalue weighted by atomic mass is 9.92. The van der Waals surface area contributed by atoms with E-state index in [1.165, 1.54) is 5.56 Å². The number of aromatic amines is 1. The molecule has 2 atom stereocenters. The molecule has 34 heavy (non-hydrogen) atoms. The van der Waals surface area contributed by atoms with Crippen LogP contribution in [0, 0.1) is 5.92 Å². The Balaban J connectivity index is 1.64.